The zero-order valence-electron chi connectivity index (χ0n) is 44.9. The summed E-state index contributed by atoms with van der Waals surface area (Å²) >= 11 is 0. The highest BCUT2D eigenvalue weighted by molar-refractivity contribution is 5.71. The molecule has 0 aromatic carbocycles. The summed E-state index contributed by atoms with van der Waals surface area (Å²) in [6, 6.07) is 0. The predicted molar refractivity (Wildman–Crippen MR) is 306 cm³/mol. The number of unbranched alkanes of at least 4 members (excludes halogenated alkanes) is 19. The van der Waals surface area contributed by atoms with E-state index in [0.29, 0.717) is 12.8 Å². The van der Waals surface area contributed by atoms with Crippen molar-refractivity contribution in [3.8, 4) is 0 Å². The molecule has 0 spiro atoms. The number of rotatable bonds is 47. The lowest BCUT2D eigenvalue weighted by Crippen LogP contribution is -2.30. The third-order valence-electron chi connectivity index (χ3n) is 11.0. The molecule has 1 unspecified atom stereocenters. The largest absolute Gasteiger partial charge is 0.462 e. The second kappa shape index (κ2) is 57.3. The third-order valence-corrected chi connectivity index (χ3v) is 11.0. The van der Waals surface area contributed by atoms with Gasteiger partial charge < -0.3 is 14.2 Å². The molecule has 0 aliphatic carbocycles. The van der Waals surface area contributed by atoms with Crippen molar-refractivity contribution in [1.29, 1.82) is 0 Å². The molecule has 0 aromatic rings. The van der Waals surface area contributed by atoms with Crippen LogP contribution in [0.1, 0.15) is 201 Å². The second-order valence-corrected chi connectivity index (χ2v) is 17.7. The third kappa shape index (κ3) is 55.6. The minimum Gasteiger partial charge on any atom is -0.462 e. The van der Waals surface area contributed by atoms with E-state index in [-0.39, 0.29) is 44.0 Å². The second-order valence-electron chi connectivity index (χ2n) is 17.7. The van der Waals surface area contributed by atoms with E-state index in [2.05, 4.69) is 93.7 Å². The van der Waals surface area contributed by atoms with Gasteiger partial charge in [-0.25, -0.2) is 0 Å². The molecule has 6 nitrogen and oxygen atoms in total. The standard InChI is InChI=1S/C65H98O6/c1-4-7-10-13-16-19-22-25-28-31-34-37-40-43-46-49-52-55-58-64(67)70-61-62(60-69-63(66)57-54-51-48-45-42-39-36-33-30-27-24-21-18-15-12-9-6-3)71-65(68)59-56-53-50-47-44-41-38-35-32-29-26-23-20-17-14-11-8-5-2/h9-10,12-13,15-16,18-19,21-39,42,62H,4-8,11,14,17,20,40-41,43-61H2,1-3H3/b12-9-,13-10-,18-15-,19-16-,24-21-,25-22-,26-23-,30-27-,31-28-,32-29-,36-33+,37-34-,38-35-,42-39-. The van der Waals surface area contributed by atoms with E-state index >= 15 is 0 Å². The lowest BCUT2D eigenvalue weighted by Gasteiger charge is -2.18. The minimum atomic E-state index is -0.829. The van der Waals surface area contributed by atoms with Gasteiger partial charge in [0.1, 0.15) is 13.2 Å². The van der Waals surface area contributed by atoms with Crippen LogP contribution in [0.15, 0.2) is 170 Å². The highest BCUT2D eigenvalue weighted by atomic mass is 16.6. The summed E-state index contributed by atoms with van der Waals surface area (Å²) in [5.74, 6) is -1.02. The Balaban J connectivity index is 4.63. The van der Waals surface area contributed by atoms with Gasteiger partial charge in [0.2, 0.25) is 0 Å². The summed E-state index contributed by atoms with van der Waals surface area (Å²) in [4.78, 5) is 38.2. The van der Waals surface area contributed by atoms with Crippen molar-refractivity contribution in [1.82, 2.24) is 0 Å². The molecule has 0 bridgehead atoms. The molecule has 0 aromatic heterocycles. The SMILES string of the molecule is CC\C=C/C=C\C=C/C=C\C=C\C=C/CCCCCC(=O)OCC(COC(=O)CCCCCCC\C=C/C=C\C=C/C=C\C=C/CCC)OC(=O)CCCCCCC\C=C/C=C\C=C/CCCCCCC. The molecule has 0 radical (unpaired) electrons. The van der Waals surface area contributed by atoms with E-state index in [9.17, 15) is 14.4 Å². The molecular formula is C65H98O6. The normalized spacial score (nSPS) is 13.5. The zero-order chi connectivity index (χ0) is 51.4. The molecule has 0 aliphatic rings. The van der Waals surface area contributed by atoms with Gasteiger partial charge in [0.05, 0.1) is 0 Å². The average molecular weight is 975 g/mol. The molecular weight excluding hydrogens is 877 g/mol. The number of carbonyl (C=O) groups excluding carboxylic acids is 3. The maximum Gasteiger partial charge on any atom is 0.306 e. The van der Waals surface area contributed by atoms with Gasteiger partial charge in [0.25, 0.3) is 0 Å². The van der Waals surface area contributed by atoms with Gasteiger partial charge in [-0.15, -0.1) is 0 Å². The van der Waals surface area contributed by atoms with Gasteiger partial charge in [-0.2, -0.15) is 0 Å². The first-order valence-electron chi connectivity index (χ1n) is 27.8. The molecule has 0 saturated carbocycles. The van der Waals surface area contributed by atoms with E-state index in [1.807, 2.05) is 97.2 Å². The highest BCUT2D eigenvalue weighted by Crippen LogP contribution is 2.13. The Bertz CT molecular complexity index is 1690. The number of esters is 3. The van der Waals surface area contributed by atoms with Crippen LogP contribution >= 0.6 is 0 Å². The van der Waals surface area contributed by atoms with Crippen molar-refractivity contribution in [3.63, 3.8) is 0 Å². The molecule has 0 N–H and O–H groups in total. The smallest absolute Gasteiger partial charge is 0.306 e. The summed E-state index contributed by atoms with van der Waals surface area (Å²) < 4.78 is 16.8. The number of carbonyl (C=O) groups is 3. The number of ether oxygens (including phenoxy) is 3. The van der Waals surface area contributed by atoms with Gasteiger partial charge in [0, 0.05) is 19.3 Å². The van der Waals surface area contributed by atoms with Crippen LogP contribution in [0.2, 0.25) is 0 Å². The van der Waals surface area contributed by atoms with E-state index in [1.54, 1.807) is 0 Å². The van der Waals surface area contributed by atoms with Crippen molar-refractivity contribution in [2.45, 2.75) is 207 Å². The summed E-state index contributed by atoms with van der Waals surface area (Å²) in [5, 5.41) is 0. The van der Waals surface area contributed by atoms with Crippen molar-refractivity contribution >= 4 is 17.9 Å². The molecule has 0 amide bonds. The topological polar surface area (TPSA) is 78.9 Å². The van der Waals surface area contributed by atoms with Crippen LogP contribution < -0.4 is 0 Å². The minimum absolute atomic E-state index is 0.124. The predicted octanol–water partition coefficient (Wildman–Crippen LogP) is 18.8. The summed E-state index contributed by atoms with van der Waals surface area (Å²) in [6.45, 7) is 6.29. The van der Waals surface area contributed by atoms with Gasteiger partial charge in [-0.05, 0) is 83.5 Å². The summed E-state index contributed by atoms with van der Waals surface area (Å²) in [7, 11) is 0. The van der Waals surface area contributed by atoms with Crippen LogP contribution in [0.25, 0.3) is 0 Å². The first-order chi connectivity index (χ1) is 35.0. The van der Waals surface area contributed by atoms with Crippen LogP contribution in [0.4, 0.5) is 0 Å². The van der Waals surface area contributed by atoms with Crippen molar-refractivity contribution in [3.05, 3.63) is 170 Å². The maximum absolute atomic E-state index is 12.9. The van der Waals surface area contributed by atoms with Gasteiger partial charge >= 0.3 is 17.9 Å². The Morgan fingerprint density at radius 3 is 0.930 bits per heavy atom. The summed E-state index contributed by atoms with van der Waals surface area (Å²) in [6.07, 6.45) is 84.6. The number of hydrogen-bond donors (Lipinski definition) is 0. The zero-order valence-corrected chi connectivity index (χ0v) is 44.9. The fourth-order valence-electron chi connectivity index (χ4n) is 6.86. The van der Waals surface area contributed by atoms with E-state index in [1.165, 1.54) is 38.5 Å². The Hall–Kier alpha value is -5.23. The van der Waals surface area contributed by atoms with E-state index < -0.39 is 6.10 Å². The average Bonchev–Trinajstić information content (AvgIpc) is 3.37. The van der Waals surface area contributed by atoms with Gasteiger partial charge in [-0.3, -0.25) is 14.4 Å². The maximum atomic E-state index is 12.9. The summed E-state index contributed by atoms with van der Waals surface area (Å²) in [5.41, 5.74) is 0. The molecule has 394 valence electrons. The van der Waals surface area contributed by atoms with Crippen molar-refractivity contribution in [2.75, 3.05) is 13.2 Å². The lowest BCUT2D eigenvalue weighted by molar-refractivity contribution is -0.167. The van der Waals surface area contributed by atoms with E-state index in [0.717, 1.165) is 116 Å². The van der Waals surface area contributed by atoms with Crippen LogP contribution in [-0.2, 0) is 28.6 Å². The molecule has 71 heavy (non-hydrogen) atoms. The molecule has 0 heterocycles. The number of allylic oxidation sites excluding steroid dienone is 28. The molecule has 0 saturated heterocycles. The molecule has 0 fully saturated rings. The Labute approximate surface area is 434 Å². The quantitative estimate of drug-likeness (QED) is 0.0262. The van der Waals surface area contributed by atoms with Crippen molar-refractivity contribution in [2.24, 2.45) is 0 Å². The monoisotopic (exact) mass is 975 g/mol. The van der Waals surface area contributed by atoms with Crippen LogP contribution in [0.5, 0.6) is 0 Å². The fraction of sp³-hybridized carbons (Fsp3) is 0.523. The fourth-order valence-corrected chi connectivity index (χ4v) is 6.86. The molecule has 1 atom stereocenters. The van der Waals surface area contributed by atoms with E-state index in [4.69, 9.17) is 14.2 Å². The first-order valence-corrected chi connectivity index (χ1v) is 27.8. The Morgan fingerprint density at radius 1 is 0.296 bits per heavy atom. The first kappa shape index (κ1) is 65.8. The highest BCUT2D eigenvalue weighted by Gasteiger charge is 2.19. The van der Waals surface area contributed by atoms with Gasteiger partial charge in [-0.1, -0.05) is 268 Å². The Morgan fingerprint density at radius 2 is 0.577 bits per heavy atom. The van der Waals surface area contributed by atoms with Crippen LogP contribution in [0, 0.1) is 0 Å². The molecule has 0 aliphatic heterocycles. The Kier molecular flexibility index (Phi) is 53.1. The van der Waals surface area contributed by atoms with Crippen LogP contribution in [-0.4, -0.2) is 37.2 Å². The lowest BCUT2D eigenvalue weighted by atomic mass is 10.1. The van der Waals surface area contributed by atoms with Crippen LogP contribution in [0.3, 0.4) is 0 Å². The number of hydrogen-bond acceptors (Lipinski definition) is 6. The molecule has 0 rings (SSSR count). The van der Waals surface area contributed by atoms with Crippen molar-refractivity contribution < 1.29 is 28.6 Å². The van der Waals surface area contributed by atoms with Gasteiger partial charge in [0.15, 0.2) is 6.10 Å². The molecule has 6 heteroatoms.